The number of aryl methyl sites for hydroxylation is 2. The normalized spacial score (nSPS) is 10.0. The average Bonchev–Trinajstić information content (AvgIpc) is 2.32. The van der Waals surface area contributed by atoms with Gasteiger partial charge in [0.1, 0.15) is 0 Å². The molecule has 0 atom stereocenters. The largest absolute Gasteiger partial charge is 0.320 e. The lowest BCUT2D eigenvalue weighted by atomic mass is 10.2. The highest BCUT2D eigenvalue weighted by Crippen LogP contribution is 2.13. The minimum Gasteiger partial charge on any atom is -0.320 e. The van der Waals surface area contributed by atoms with E-state index in [2.05, 4.69) is 15.3 Å². The summed E-state index contributed by atoms with van der Waals surface area (Å²) in [5.74, 6) is -0.147. The van der Waals surface area contributed by atoms with E-state index in [0.29, 0.717) is 5.56 Å². The van der Waals surface area contributed by atoms with E-state index in [4.69, 9.17) is 0 Å². The Morgan fingerprint density at radius 2 is 2.06 bits per heavy atom. The first-order chi connectivity index (χ1) is 8.16. The molecule has 1 amide bonds. The minimum atomic E-state index is -0.147. The second-order valence-electron chi connectivity index (χ2n) is 3.83. The summed E-state index contributed by atoms with van der Waals surface area (Å²) in [5.41, 5.74) is 3.13. The zero-order chi connectivity index (χ0) is 12.3. The summed E-state index contributed by atoms with van der Waals surface area (Å²) in [4.78, 5) is 20.0. The fraction of sp³-hybridized carbons (Fsp3) is 0.154. The highest BCUT2D eigenvalue weighted by Gasteiger charge is 2.07. The van der Waals surface area contributed by atoms with Crippen LogP contribution in [0.25, 0.3) is 0 Å². The van der Waals surface area contributed by atoms with Gasteiger partial charge in [-0.1, -0.05) is 0 Å². The highest BCUT2D eigenvalue weighted by atomic mass is 16.1. The maximum atomic E-state index is 12.0. The molecular formula is C13H13N3O. The molecule has 2 rings (SSSR count). The molecule has 0 spiro atoms. The number of anilines is 1. The van der Waals surface area contributed by atoms with E-state index < -0.39 is 0 Å². The van der Waals surface area contributed by atoms with E-state index in [-0.39, 0.29) is 5.91 Å². The molecular weight excluding hydrogens is 214 g/mol. The summed E-state index contributed by atoms with van der Waals surface area (Å²) in [6.07, 6.45) is 4.96. The van der Waals surface area contributed by atoms with Gasteiger partial charge in [0.25, 0.3) is 5.91 Å². The molecule has 0 saturated heterocycles. The summed E-state index contributed by atoms with van der Waals surface area (Å²) in [6, 6.07) is 5.29. The Morgan fingerprint density at radius 1 is 1.24 bits per heavy atom. The van der Waals surface area contributed by atoms with Crippen LogP contribution in [0.1, 0.15) is 21.6 Å². The number of aromatic nitrogens is 2. The Kier molecular flexibility index (Phi) is 3.14. The summed E-state index contributed by atoms with van der Waals surface area (Å²) >= 11 is 0. The Balaban J connectivity index is 2.20. The van der Waals surface area contributed by atoms with Crippen molar-refractivity contribution in [3.63, 3.8) is 0 Å². The van der Waals surface area contributed by atoms with Gasteiger partial charge in [0.15, 0.2) is 0 Å². The van der Waals surface area contributed by atoms with Gasteiger partial charge in [-0.05, 0) is 37.6 Å². The SMILES string of the molecule is Cc1cc(C(=O)Nc2cnccc2C)ccn1. The van der Waals surface area contributed by atoms with E-state index in [1.165, 1.54) is 0 Å². The first kappa shape index (κ1) is 11.3. The third-order valence-electron chi connectivity index (χ3n) is 2.45. The first-order valence-electron chi connectivity index (χ1n) is 5.31. The molecule has 0 fully saturated rings. The summed E-state index contributed by atoms with van der Waals surface area (Å²) in [5, 5.41) is 2.82. The number of nitrogens with zero attached hydrogens (tertiary/aromatic N) is 2. The zero-order valence-corrected chi connectivity index (χ0v) is 9.77. The number of pyridine rings is 2. The van der Waals surface area contributed by atoms with E-state index in [9.17, 15) is 4.79 Å². The number of rotatable bonds is 2. The molecule has 2 aromatic rings. The van der Waals surface area contributed by atoms with E-state index in [1.54, 1.807) is 30.7 Å². The Bertz CT molecular complexity index is 552. The maximum Gasteiger partial charge on any atom is 0.255 e. The van der Waals surface area contributed by atoms with Gasteiger partial charge in [-0.2, -0.15) is 0 Å². The van der Waals surface area contributed by atoms with Crippen molar-refractivity contribution in [1.29, 1.82) is 0 Å². The number of hydrogen-bond acceptors (Lipinski definition) is 3. The predicted octanol–water partition coefficient (Wildman–Crippen LogP) is 2.35. The second kappa shape index (κ2) is 4.74. The lowest BCUT2D eigenvalue weighted by molar-refractivity contribution is 0.102. The quantitative estimate of drug-likeness (QED) is 0.856. The number of amides is 1. The molecule has 17 heavy (non-hydrogen) atoms. The Hall–Kier alpha value is -2.23. The van der Waals surface area contributed by atoms with Crippen molar-refractivity contribution < 1.29 is 4.79 Å². The molecule has 1 N–H and O–H groups in total. The van der Waals surface area contributed by atoms with E-state index in [1.807, 2.05) is 19.9 Å². The van der Waals surface area contributed by atoms with Gasteiger partial charge in [-0.3, -0.25) is 14.8 Å². The first-order valence-corrected chi connectivity index (χ1v) is 5.31. The smallest absolute Gasteiger partial charge is 0.255 e. The number of carbonyl (C=O) groups is 1. The molecule has 0 unspecified atom stereocenters. The van der Waals surface area contributed by atoms with Crippen LogP contribution in [0.2, 0.25) is 0 Å². The van der Waals surface area contributed by atoms with Crippen LogP contribution in [0, 0.1) is 13.8 Å². The van der Waals surface area contributed by atoms with Crippen molar-refractivity contribution in [3.05, 3.63) is 53.6 Å². The molecule has 2 heterocycles. The maximum absolute atomic E-state index is 12.0. The lowest BCUT2D eigenvalue weighted by Gasteiger charge is -2.07. The molecule has 0 aliphatic carbocycles. The molecule has 0 aliphatic rings. The minimum absolute atomic E-state index is 0.147. The van der Waals surface area contributed by atoms with Crippen LogP contribution in [0.4, 0.5) is 5.69 Å². The number of carbonyl (C=O) groups excluding carboxylic acids is 1. The van der Waals surface area contributed by atoms with Gasteiger partial charge in [0.2, 0.25) is 0 Å². The van der Waals surface area contributed by atoms with Gasteiger partial charge in [0, 0.05) is 23.7 Å². The van der Waals surface area contributed by atoms with Gasteiger partial charge < -0.3 is 5.32 Å². The van der Waals surface area contributed by atoms with Crippen LogP contribution in [0.3, 0.4) is 0 Å². The summed E-state index contributed by atoms with van der Waals surface area (Å²) in [6.45, 7) is 3.78. The predicted molar refractivity (Wildman–Crippen MR) is 65.9 cm³/mol. The van der Waals surface area contributed by atoms with E-state index in [0.717, 1.165) is 16.9 Å². The van der Waals surface area contributed by atoms with Crippen molar-refractivity contribution in [2.45, 2.75) is 13.8 Å². The third kappa shape index (κ3) is 2.66. The van der Waals surface area contributed by atoms with E-state index >= 15 is 0 Å². The van der Waals surface area contributed by atoms with Gasteiger partial charge in [-0.15, -0.1) is 0 Å². The lowest BCUT2D eigenvalue weighted by Crippen LogP contribution is -2.13. The average molecular weight is 227 g/mol. The molecule has 2 aromatic heterocycles. The summed E-state index contributed by atoms with van der Waals surface area (Å²) < 4.78 is 0. The topological polar surface area (TPSA) is 54.9 Å². The standard InChI is InChI=1S/C13H13N3O/c1-9-3-5-14-8-12(9)16-13(17)11-4-6-15-10(2)7-11/h3-8H,1-2H3,(H,16,17). The number of hydrogen-bond donors (Lipinski definition) is 1. The van der Waals surface area contributed by atoms with Crippen molar-refractivity contribution in [2.75, 3.05) is 5.32 Å². The molecule has 86 valence electrons. The second-order valence-corrected chi connectivity index (χ2v) is 3.83. The molecule has 0 radical (unpaired) electrons. The van der Waals surface area contributed by atoms with Crippen LogP contribution >= 0.6 is 0 Å². The fourth-order valence-corrected chi connectivity index (χ4v) is 1.48. The molecule has 4 heteroatoms. The fourth-order valence-electron chi connectivity index (χ4n) is 1.48. The molecule has 0 saturated carbocycles. The zero-order valence-electron chi connectivity index (χ0n) is 9.77. The Labute approximate surface area is 99.7 Å². The number of nitrogens with one attached hydrogen (secondary N) is 1. The van der Waals surface area contributed by atoms with Gasteiger partial charge in [0.05, 0.1) is 11.9 Å². The van der Waals surface area contributed by atoms with Crippen LogP contribution in [0.15, 0.2) is 36.8 Å². The monoisotopic (exact) mass is 227 g/mol. The van der Waals surface area contributed by atoms with Crippen molar-refractivity contribution in [1.82, 2.24) is 9.97 Å². The van der Waals surface area contributed by atoms with Gasteiger partial charge in [-0.25, -0.2) is 0 Å². The highest BCUT2D eigenvalue weighted by molar-refractivity contribution is 6.04. The van der Waals surface area contributed by atoms with Crippen LogP contribution in [-0.2, 0) is 0 Å². The molecule has 0 aliphatic heterocycles. The molecule has 0 bridgehead atoms. The van der Waals surface area contributed by atoms with Crippen LogP contribution < -0.4 is 5.32 Å². The van der Waals surface area contributed by atoms with Crippen molar-refractivity contribution in [2.24, 2.45) is 0 Å². The van der Waals surface area contributed by atoms with Crippen molar-refractivity contribution in [3.8, 4) is 0 Å². The summed E-state index contributed by atoms with van der Waals surface area (Å²) in [7, 11) is 0. The van der Waals surface area contributed by atoms with Gasteiger partial charge >= 0.3 is 0 Å². The molecule has 4 nitrogen and oxygen atoms in total. The third-order valence-corrected chi connectivity index (χ3v) is 2.45. The van der Waals surface area contributed by atoms with Crippen LogP contribution in [0.5, 0.6) is 0 Å². The Morgan fingerprint density at radius 3 is 2.76 bits per heavy atom. The van der Waals surface area contributed by atoms with Crippen LogP contribution in [-0.4, -0.2) is 15.9 Å². The van der Waals surface area contributed by atoms with Crippen molar-refractivity contribution >= 4 is 11.6 Å². The molecule has 0 aromatic carbocycles.